The van der Waals surface area contributed by atoms with Gasteiger partial charge in [0, 0.05) is 37.3 Å². The summed E-state index contributed by atoms with van der Waals surface area (Å²) in [4.78, 5) is 4.53. The first-order valence-electron chi connectivity index (χ1n) is 11.4. The van der Waals surface area contributed by atoms with Crippen molar-refractivity contribution >= 4 is 0 Å². The van der Waals surface area contributed by atoms with Gasteiger partial charge in [-0.3, -0.25) is 9.80 Å². The molecule has 8 heteroatoms. The molecule has 4 aliphatic rings. The summed E-state index contributed by atoms with van der Waals surface area (Å²) < 4.78 is 34.1. The fourth-order valence-corrected chi connectivity index (χ4v) is 4.85. The highest BCUT2D eigenvalue weighted by Crippen LogP contribution is 2.38. The zero-order valence-electron chi connectivity index (χ0n) is 18.6. The summed E-state index contributed by atoms with van der Waals surface area (Å²) >= 11 is 0. The molecule has 8 nitrogen and oxygen atoms in total. The van der Waals surface area contributed by atoms with Crippen LogP contribution in [0.3, 0.4) is 0 Å². The van der Waals surface area contributed by atoms with Gasteiger partial charge < -0.3 is 28.4 Å². The van der Waals surface area contributed by atoms with Gasteiger partial charge in [-0.1, -0.05) is 12.1 Å². The highest BCUT2D eigenvalue weighted by atomic mass is 16.7. The maximum absolute atomic E-state index is 6.14. The van der Waals surface area contributed by atoms with E-state index in [1.165, 1.54) is 11.1 Å². The van der Waals surface area contributed by atoms with E-state index in [9.17, 15) is 0 Å². The fraction of sp³-hybridized carbons (Fsp3) is 0.308. The Morgan fingerprint density at radius 2 is 0.971 bits per heavy atom. The molecule has 0 fully saturated rings. The molecule has 0 radical (unpaired) electrons. The van der Waals surface area contributed by atoms with Crippen LogP contribution in [-0.2, 0) is 26.2 Å². The monoisotopic (exact) mass is 460 g/mol. The van der Waals surface area contributed by atoms with E-state index >= 15 is 0 Å². The molecule has 4 heterocycles. The second-order valence-electron chi connectivity index (χ2n) is 8.96. The number of benzene rings is 3. The van der Waals surface area contributed by atoms with Crippen molar-refractivity contribution in [1.82, 2.24) is 9.80 Å². The van der Waals surface area contributed by atoms with Gasteiger partial charge >= 0.3 is 0 Å². The quantitative estimate of drug-likeness (QED) is 0.582. The Morgan fingerprint density at radius 3 is 1.47 bits per heavy atom. The van der Waals surface area contributed by atoms with Gasteiger partial charge in [0.1, 0.15) is 25.0 Å². The van der Waals surface area contributed by atoms with Crippen LogP contribution in [0.1, 0.15) is 22.3 Å². The molecule has 0 N–H and O–H groups in total. The lowest BCUT2D eigenvalue weighted by Gasteiger charge is -2.33. The van der Waals surface area contributed by atoms with Crippen LogP contribution in [0.4, 0.5) is 0 Å². The summed E-state index contributed by atoms with van der Waals surface area (Å²) in [7, 11) is 0. The van der Waals surface area contributed by atoms with Crippen molar-refractivity contribution < 1.29 is 28.4 Å². The number of rotatable bonds is 4. The van der Waals surface area contributed by atoms with Gasteiger partial charge in [0.05, 0.1) is 0 Å². The van der Waals surface area contributed by atoms with Crippen molar-refractivity contribution in [2.45, 2.75) is 26.2 Å². The fourth-order valence-electron chi connectivity index (χ4n) is 4.85. The average Bonchev–Trinajstić information content (AvgIpc) is 3.51. The van der Waals surface area contributed by atoms with E-state index in [1.54, 1.807) is 0 Å². The van der Waals surface area contributed by atoms with Crippen LogP contribution < -0.4 is 28.4 Å². The third-order valence-electron chi connectivity index (χ3n) is 6.52. The number of ether oxygens (including phenoxy) is 6. The van der Waals surface area contributed by atoms with E-state index in [0.717, 1.165) is 71.8 Å². The molecule has 3 aromatic rings. The van der Waals surface area contributed by atoms with E-state index in [-0.39, 0.29) is 13.6 Å². The van der Waals surface area contributed by atoms with Gasteiger partial charge in [-0.25, -0.2) is 0 Å². The van der Waals surface area contributed by atoms with E-state index in [2.05, 4.69) is 34.1 Å². The molecule has 0 spiro atoms. The lowest BCUT2D eigenvalue weighted by atomic mass is 10.0. The standard InChI is InChI=1S/C26H24N2O6/c1-3-21-25(33-15-31-21)5-17(1)9-27-11-19-7-24-20(8-23(19)29-13-27)12-28(14-30-24)10-18-2-4-22-26(6-18)34-16-32-22/h1-8H,9-16H2. The minimum atomic E-state index is 0.290. The van der Waals surface area contributed by atoms with Gasteiger partial charge in [-0.05, 0) is 47.5 Å². The second kappa shape index (κ2) is 8.00. The Hall–Kier alpha value is -3.62. The lowest BCUT2D eigenvalue weighted by Crippen LogP contribution is -2.34. The van der Waals surface area contributed by atoms with Crippen molar-refractivity contribution in [2.24, 2.45) is 0 Å². The second-order valence-corrected chi connectivity index (χ2v) is 8.96. The first kappa shape index (κ1) is 19.8. The summed E-state index contributed by atoms with van der Waals surface area (Å²) in [5.41, 5.74) is 4.64. The maximum atomic E-state index is 6.14. The molecule has 7 rings (SSSR count). The predicted octanol–water partition coefficient (Wildman–Crippen LogP) is 3.85. The molecule has 0 saturated carbocycles. The first-order chi connectivity index (χ1) is 16.8. The molecule has 0 atom stereocenters. The van der Waals surface area contributed by atoms with Crippen molar-refractivity contribution in [2.75, 3.05) is 27.0 Å². The van der Waals surface area contributed by atoms with Crippen molar-refractivity contribution in [3.05, 3.63) is 70.8 Å². The highest BCUT2D eigenvalue weighted by Gasteiger charge is 2.25. The predicted molar refractivity (Wildman–Crippen MR) is 121 cm³/mol. The van der Waals surface area contributed by atoms with Gasteiger partial charge in [0.25, 0.3) is 0 Å². The summed E-state index contributed by atoms with van der Waals surface area (Å²) in [5, 5.41) is 0. The van der Waals surface area contributed by atoms with Gasteiger partial charge in [0.2, 0.25) is 13.6 Å². The van der Waals surface area contributed by atoms with Gasteiger partial charge in [-0.15, -0.1) is 0 Å². The van der Waals surface area contributed by atoms with Crippen LogP contribution in [0.5, 0.6) is 34.5 Å². The molecule has 34 heavy (non-hydrogen) atoms. The van der Waals surface area contributed by atoms with Crippen molar-refractivity contribution in [3.8, 4) is 34.5 Å². The molecule has 4 aliphatic heterocycles. The third-order valence-corrected chi connectivity index (χ3v) is 6.52. The number of nitrogens with zero attached hydrogens (tertiary/aromatic N) is 2. The molecule has 0 unspecified atom stereocenters. The van der Waals surface area contributed by atoms with Crippen LogP contribution in [0.2, 0.25) is 0 Å². The summed E-state index contributed by atoms with van der Waals surface area (Å²) in [6.45, 7) is 4.83. The summed E-state index contributed by atoms with van der Waals surface area (Å²) in [5.74, 6) is 5.11. The van der Waals surface area contributed by atoms with Crippen LogP contribution in [0, 0.1) is 0 Å². The Balaban J connectivity index is 1.03. The molecule has 0 saturated heterocycles. The highest BCUT2D eigenvalue weighted by molar-refractivity contribution is 5.49. The molecule has 0 aromatic heterocycles. The SMILES string of the molecule is c1cc2c(cc1CN1COc3cc4c(cc3C1)OCN(Cc1ccc3c(c1)OCO3)C4)OCO2. The van der Waals surface area contributed by atoms with Crippen LogP contribution >= 0.6 is 0 Å². The minimum Gasteiger partial charge on any atom is -0.478 e. The molecular formula is C26H24N2O6. The average molecular weight is 460 g/mol. The van der Waals surface area contributed by atoms with Gasteiger partial charge in [0.15, 0.2) is 23.0 Å². The maximum Gasteiger partial charge on any atom is 0.231 e. The Kier molecular flexibility index (Phi) is 4.66. The van der Waals surface area contributed by atoms with Crippen LogP contribution in [0.25, 0.3) is 0 Å². The number of fused-ring (bicyclic) bond motifs is 4. The van der Waals surface area contributed by atoms with E-state index in [4.69, 9.17) is 28.4 Å². The molecule has 3 aromatic carbocycles. The largest absolute Gasteiger partial charge is 0.478 e. The number of hydrogen-bond donors (Lipinski definition) is 0. The Labute approximate surface area is 197 Å². The topological polar surface area (TPSA) is 61.9 Å². The van der Waals surface area contributed by atoms with Crippen LogP contribution in [0.15, 0.2) is 48.5 Å². The smallest absolute Gasteiger partial charge is 0.231 e. The molecule has 0 bridgehead atoms. The van der Waals surface area contributed by atoms with E-state index < -0.39 is 0 Å². The zero-order valence-corrected chi connectivity index (χ0v) is 18.6. The summed E-state index contributed by atoms with van der Waals surface area (Å²) in [6, 6.07) is 16.4. The first-order valence-corrected chi connectivity index (χ1v) is 11.4. The zero-order chi connectivity index (χ0) is 22.5. The molecule has 0 aliphatic carbocycles. The normalized spacial score (nSPS) is 18.1. The molecular weight excluding hydrogens is 436 g/mol. The van der Waals surface area contributed by atoms with Crippen molar-refractivity contribution in [3.63, 3.8) is 0 Å². The van der Waals surface area contributed by atoms with E-state index in [0.29, 0.717) is 13.5 Å². The number of hydrogen-bond acceptors (Lipinski definition) is 8. The third kappa shape index (κ3) is 3.65. The van der Waals surface area contributed by atoms with Crippen molar-refractivity contribution in [1.29, 1.82) is 0 Å². The molecule has 0 amide bonds. The Bertz CT molecular complexity index is 1170. The van der Waals surface area contributed by atoms with E-state index in [1.807, 2.05) is 24.3 Å². The Morgan fingerprint density at radius 1 is 0.500 bits per heavy atom. The lowest BCUT2D eigenvalue weighted by molar-refractivity contribution is 0.0784. The summed E-state index contributed by atoms with van der Waals surface area (Å²) in [6.07, 6.45) is 0. The van der Waals surface area contributed by atoms with Crippen LogP contribution in [-0.4, -0.2) is 36.8 Å². The molecule has 174 valence electrons. The van der Waals surface area contributed by atoms with Gasteiger partial charge in [-0.2, -0.15) is 0 Å². The minimum absolute atomic E-state index is 0.290.